The second-order valence-electron chi connectivity index (χ2n) is 7.78. The second-order valence-corrected chi connectivity index (χ2v) is 7.78. The van der Waals surface area contributed by atoms with E-state index in [4.69, 9.17) is 9.90 Å². The van der Waals surface area contributed by atoms with Gasteiger partial charge in [0.15, 0.2) is 0 Å². The van der Waals surface area contributed by atoms with Gasteiger partial charge >= 0.3 is 0 Å². The summed E-state index contributed by atoms with van der Waals surface area (Å²) < 4.78 is 1.85. The molecule has 0 radical (unpaired) electrons. The Hall–Kier alpha value is -2.67. The van der Waals surface area contributed by atoms with Gasteiger partial charge in [-0.15, -0.1) is 0 Å². The van der Waals surface area contributed by atoms with Gasteiger partial charge in [0.1, 0.15) is 0 Å². The number of rotatable bonds is 4. The molecular formula is C22H30N4O3. The highest BCUT2D eigenvalue weighted by Gasteiger charge is 2.27. The fourth-order valence-electron chi connectivity index (χ4n) is 4.39. The second kappa shape index (κ2) is 10.2. The van der Waals surface area contributed by atoms with Gasteiger partial charge < -0.3 is 10.0 Å². The molecule has 1 aliphatic carbocycles. The number of hydrogen-bond acceptors (Lipinski definition) is 4. The Bertz CT molecular complexity index is 820. The van der Waals surface area contributed by atoms with E-state index in [1.54, 1.807) is 0 Å². The van der Waals surface area contributed by atoms with Crippen molar-refractivity contribution in [1.29, 1.82) is 0 Å². The first-order valence-corrected chi connectivity index (χ1v) is 10.2. The van der Waals surface area contributed by atoms with Crippen LogP contribution in [0.1, 0.15) is 41.9 Å². The molecule has 1 fully saturated rings. The molecule has 7 heteroatoms. The average Bonchev–Trinajstić information content (AvgIpc) is 3.22. The molecule has 1 atom stereocenters. The number of benzene rings is 1. The van der Waals surface area contributed by atoms with Crippen molar-refractivity contribution in [1.82, 2.24) is 19.6 Å². The van der Waals surface area contributed by atoms with Crippen LogP contribution < -0.4 is 0 Å². The van der Waals surface area contributed by atoms with Crippen molar-refractivity contribution in [2.24, 2.45) is 7.05 Å². The first-order valence-electron chi connectivity index (χ1n) is 10.2. The number of nitrogens with zero attached hydrogens (tertiary/aromatic N) is 4. The lowest BCUT2D eigenvalue weighted by molar-refractivity contribution is -0.131. The molecule has 7 nitrogen and oxygen atoms in total. The summed E-state index contributed by atoms with van der Waals surface area (Å²) in [6.45, 7) is 4.39. The molecule has 4 rings (SSSR count). The molecule has 0 bridgehead atoms. The van der Waals surface area contributed by atoms with Gasteiger partial charge in [0.2, 0.25) is 5.91 Å². The predicted molar refractivity (Wildman–Crippen MR) is 110 cm³/mol. The number of carbonyl (C=O) groups excluding carboxylic acids is 1. The molecular weight excluding hydrogens is 368 g/mol. The van der Waals surface area contributed by atoms with E-state index in [-0.39, 0.29) is 6.47 Å². The Kier molecular flexibility index (Phi) is 7.41. The maximum atomic E-state index is 12.9. The minimum atomic E-state index is -0.250. The summed E-state index contributed by atoms with van der Waals surface area (Å²) in [7, 11) is 1.95. The van der Waals surface area contributed by atoms with Crippen LogP contribution in [0.2, 0.25) is 0 Å². The average molecular weight is 399 g/mol. The zero-order valence-corrected chi connectivity index (χ0v) is 17.0. The number of amides is 1. The van der Waals surface area contributed by atoms with Gasteiger partial charge in [-0.2, -0.15) is 5.10 Å². The molecule has 1 saturated heterocycles. The summed E-state index contributed by atoms with van der Waals surface area (Å²) in [5.74, 6) is 0.739. The van der Waals surface area contributed by atoms with Gasteiger partial charge in [0.25, 0.3) is 6.47 Å². The lowest BCUT2D eigenvalue weighted by atomic mass is 9.97. The lowest BCUT2D eigenvalue weighted by Gasteiger charge is -2.23. The van der Waals surface area contributed by atoms with Gasteiger partial charge in [-0.05, 0) is 36.3 Å². The quantitative estimate of drug-likeness (QED) is 0.800. The summed E-state index contributed by atoms with van der Waals surface area (Å²) in [5, 5.41) is 11.1. The minimum Gasteiger partial charge on any atom is -0.483 e. The fourth-order valence-corrected chi connectivity index (χ4v) is 4.39. The molecule has 0 saturated carbocycles. The van der Waals surface area contributed by atoms with E-state index < -0.39 is 0 Å². The van der Waals surface area contributed by atoms with Crippen LogP contribution in [0.3, 0.4) is 0 Å². The number of aryl methyl sites for hydroxylation is 2. The Morgan fingerprint density at radius 2 is 2.03 bits per heavy atom. The fraction of sp³-hybridized carbons (Fsp3) is 0.500. The van der Waals surface area contributed by atoms with E-state index in [1.807, 2.05) is 17.9 Å². The SMILES string of the molecule is Cn1cc(CN2CCCN(C(=O)CC3CCc4ccccc43)CC2)cn1.O=CO. The number of carboxylic acid groups (broad SMARTS) is 1. The standard InChI is InChI=1S/C21H28N4O.CH2O2/c1-23-15-17(14-22-23)16-24-9-4-10-25(12-11-24)21(26)13-19-8-7-18-5-2-3-6-20(18)19;2-1-3/h2-3,5-6,14-15,19H,4,7-13,16H2,1H3;1H,(H,2,3). The van der Waals surface area contributed by atoms with E-state index in [0.717, 1.165) is 52.0 Å². The Labute approximate surface area is 171 Å². The summed E-state index contributed by atoms with van der Waals surface area (Å²) in [6, 6.07) is 8.62. The monoisotopic (exact) mass is 398 g/mol. The van der Waals surface area contributed by atoms with Crippen LogP contribution in [-0.4, -0.2) is 63.2 Å². The highest BCUT2D eigenvalue weighted by molar-refractivity contribution is 5.77. The summed E-state index contributed by atoms with van der Waals surface area (Å²) >= 11 is 0. The zero-order valence-electron chi connectivity index (χ0n) is 17.0. The van der Waals surface area contributed by atoms with Crippen molar-refractivity contribution < 1.29 is 14.7 Å². The van der Waals surface area contributed by atoms with Crippen LogP contribution in [-0.2, 0) is 29.6 Å². The molecule has 1 aromatic carbocycles. The van der Waals surface area contributed by atoms with Crippen molar-refractivity contribution in [3.63, 3.8) is 0 Å². The first kappa shape index (κ1) is 21.0. The van der Waals surface area contributed by atoms with Crippen molar-refractivity contribution in [3.8, 4) is 0 Å². The molecule has 1 aromatic heterocycles. The normalized spacial score (nSPS) is 19.1. The number of fused-ring (bicyclic) bond motifs is 1. The number of hydrogen-bond donors (Lipinski definition) is 1. The highest BCUT2D eigenvalue weighted by atomic mass is 16.3. The summed E-state index contributed by atoms with van der Waals surface area (Å²) in [6.07, 6.45) is 7.96. The van der Waals surface area contributed by atoms with E-state index in [2.05, 4.69) is 45.4 Å². The molecule has 1 N–H and O–H groups in total. The van der Waals surface area contributed by atoms with Gasteiger partial charge in [0, 0.05) is 58.0 Å². The van der Waals surface area contributed by atoms with E-state index in [0.29, 0.717) is 18.2 Å². The Morgan fingerprint density at radius 1 is 1.24 bits per heavy atom. The third kappa shape index (κ3) is 5.67. The molecule has 1 amide bonds. The van der Waals surface area contributed by atoms with Crippen molar-refractivity contribution in [2.45, 2.75) is 38.1 Å². The minimum absolute atomic E-state index is 0.250. The van der Waals surface area contributed by atoms with E-state index in [9.17, 15) is 4.79 Å². The number of aromatic nitrogens is 2. The van der Waals surface area contributed by atoms with Crippen molar-refractivity contribution in [3.05, 3.63) is 53.3 Å². The van der Waals surface area contributed by atoms with E-state index in [1.165, 1.54) is 16.7 Å². The first-order chi connectivity index (χ1) is 14.1. The Morgan fingerprint density at radius 3 is 2.79 bits per heavy atom. The lowest BCUT2D eigenvalue weighted by Crippen LogP contribution is -2.35. The van der Waals surface area contributed by atoms with Crippen LogP contribution in [0.15, 0.2) is 36.7 Å². The van der Waals surface area contributed by atoms with Gasteiger partial charge in [-0.25, -0.2) is 0 Å². The molecule has 2 aliphatic rings. The van der Waals surface area contributed by atoms with Gasteiger partial charge in [0.05, 0.1) is 6.20 Å². The molecule has 1 aliphatic heterocycles. The summed E-state index contributed by atoms with van der Waals surface area (Å²) in [4.78, 5) is 25.8. The van der Waals surface area contributed by atoms with Crippen LogP contribution in [0.4, 0.5) is 0 Å². The smallest absolute Gasteiger partial charge is 0.290 e. The third-order valence-electron chi connectivity index (χ3n) is 5.78. The van der Waals surface area contributed by atoms with Gasteiger partial charge in [-0.1, -0.05) is 24.3 Å². The summed E-state index contributed by atoms with van der Waals surface area (Å²) in [5.41, 5.74) is 4.08. The zero-order chi connectivity index (χ0) is 20.6. The molecule has 0 spiro atoms. The maximum Gasteiger partial charge on any atom is 0.290 e. The molecule has 156 valence electrons. The van der Waals surface area contributed by atoms with E-state index >= 15 is 0 Å². The van der Waals surface area contributed by atoms with Crippen LogP contribution in [0, 0.1) is 0 Å². The van der Waals surface area contributed by atoms with Crippen LogP contribution in [0.5, 0.6) is 0 Å². The Balaban J connectivity index is 0.000000755. The maximum absolute atomic E-state index is 12.9. The predicted octanol–water partition coefficient (Wildman–Crippen LogP) is 2.28. The topological polar surface area (TPSA) is 78.7 Å². The van der Waals surface area contributed by atoms with Crippen LogP contribution in [0.25, 0.3) is 0 Å². The van der Waals surface area contributed by atoms with Crippen molar-refractivity contribution >= 4 is 12.4 Å². The molecule has 2 aromatic rings. The molecule has 29 heavy (non-hydrogen) atoms. The van der Waals surface area contributed by atoms with Crippen LogP contribution >= 0.6 is 0 Å². The largest absolute Gasteiger partial charge is 0.483 e. The van der Waals surface area contributed by atoms with Crippen molar-refractivity contribution in [2.75, 3.05) is 26.2 Å². The number of carbonyl (C=O) groups is 2. The van der Waals surface area contributed by atoms with Gasteiger partial charge in [-0.3, -0.25) is 19.2 Å². The third-order valence-corrected chi connectivity index (χ3v) is 5.78. The molecule has 2 heterocycles. The molecule has 1 unspecified atom stereocenters. The highest BCUT2D eigenvalue weighted by Crippen LogP contribution is 2.35.